The van der Waals surface area contributed by atoms with Gasteiger partial charge in [-0.3, -0.25) is 4.98 Å². The highest BCUT2D eigenvalue weighted by Crippen LogP contribution is 2.21. The third kappa shape index (κ3) is 3.37. The van der Waals surface area contributed by atoms with Gasteiger partial charge in [-0.15, -0.1) is 11.3 Å². The zero-order valence-corrected chi connectivity index (χ0v) is 11.7. The summed E-state index contributed by atoms with van der Waals surface area (Å²) < 4.78 is 0. The van der Waals surface area contributed by atoms with E-state index in [0.29, 0.717) is 0 Å². The van der Waals surface area contributed by atoms with Crippen molar-refractivity contribution in [1.29, 1.82) is 0 Å². The van der Waals surface area contributed by atoms with Crippen LogP contribution >= 0.6 is 11.3 Å². The monoisotopic (exact) mass is 274 g/mol. The van der Waals surface area contributed by atoms with Crippen LogP contribution in [0.4, 0.5) is 0 Å². The molecule has 0 unspecified atom stereocenters. The largest absolute Gasteiger partial charge is 0.254 e. The minimum Gasteiger partial charge on any atom is -0.254 e. The van der Waals surface area contributed by atoms with Gasteiger partial charge in [-0.25, -0.2) is 15.4 Å². The van der Waals surface area contributed by atoms with Gasteiger partial charge in [-0.05, 0) is 25.0 Å². The maximum Gasteiger partial charge on any atom is 0.142 e. The van der Waals surface area contributed by atoms with Crippen molar-refractivity contribution in [3.63, 3.8) is 0 Å². The van der Waals surface area contributed by atoms with Gasteiger partial charge in [0, 0.05) is 24.7 Å². The second-order valence-corrected chi connectivity index (χ2v) is 5.60. The Balaban J connectivity index is 1.59. The van der Waals surface area contributed by atoms with Crippen LogP contribution in [-0.2, 0) is 6.54 Å². The molecule has 2 aromatic heterocycles. The molecule has 5 heteroatoms. The van der Waals surface area contributed by atoms with Gasteiger partial charge in [0.05, 0.1) is 17.9 Å². The lowest BCUT2D eigenvalue weighted by Crippen LogP contribution is -2.41. The molecular formula is C14H18N4S. The van der Waals surface area contributed by atoms with E-state index in [1.165, 1.54) is 19.3 Å². The molecule has 3 heterocycles. The average Bonchev–Trinajstić information content (AvgIpc) is 2.96. The van der Waals surface area contributed by atoms with Gasteiger partial charge < -0.3 is 0 Å². The molecule has 2 aromatic rings. The molecule has 1 saturated heterocycles. The Labute approximate surface area is 117 Å². The molecule has 4 nitrogen and oxygen atoms in total. The van der Waals surface area contributed by atoms with Crippen molar-refractivity contribution in [1.82, 2.24) is 20.4 Å². The predicted octanol–water partition coefficient (Wildman–Crippen LogP) is 2.70. The fourth-order valence-electron chi connectivity index (χ4n) is 2.24. The number of hydrogen-bond acceptors (Lipinski definition) is 5. The van der Waals surface area contributed by atoms with Crippen LogP contribution in [0.5, 0.6) is 0 Å². The third-order valence-corrected chi connectivity index (χ3v) is 4.19. The molecule has 100 valence electrons. The van der Waals surface area contributed by atoms with Crippen molar-refractivity contribution < 1.29 is 0 Å². The molecule has 0 saturated carbocycles. The van der Waals surface area contributed by atoms with Crippen LogP contribution in [0, 0.1) is 0 Å². The molecule has 1 aliphatic rings. The normalized spacial score (nSPS) is 16.6. The van der Waals surface area contributed by atoms with Crippen molar-refractivity contribution in [3.8, 4) is 10.7 Å². The standard InChI is InChI=1S/C14H18N4S/c1-4-8-18(9-5-1)16-10-12-11-19-14(17-12)13-6-2-3-7-15-13/h2-3,6-7,11,16H,1,4-5,8-10H2. The smallest absolute Gasteiger partial charge is 0.142 e. The summed E-state index contributed by atoms with van der Waals surface area (Å²) in [7, 11) is 0. The Morgan fingerprint density at radius 1 is 1.21 bits per heavy atom. The van der Waals surface area contributed by atoms with Crippen LogP contribution < -0.4 is 5.43 Å². The third-order valence-electron chi connectivity index (χ3n) is 3.28. The maximum atomic E-state index is 4.63. The van der Waals surface area contributed by atoms with Gasteiger partial charge in [-0.1, -0.05) is 12.5 Å². The molecule has 19 heavy (non-hydrogen) atoms. The first kappa shape index (κ1) is 12.7. The summed E-state index contributed by atoms with van der Waals surface area (Å²) in [5.74, 6) is 0. The van der Waals surface area contributed by atoms with Crippen LogP contribution in [-0.4, -0.2) is 28.1 Å². The number of nitrogens with zero attached hydrogens (tertiary/aromatic N) is 3. The molecule has 0 aromatic carbocycles. The number of hydrazine groups is 1. The van der Waals surface area contributed by atoms with Gasteiger partial charge in [-0.2, -0.15) is 0 Å². The van der Waals surface area contributed by atoms with E-state index in [1.807, 2.05) is 24.4 Å². The van der Waals surface area contributed by atoms with Crippen molar-refractivity contribution in [2.45, 2.75) is 25.8 Å². The summed E-state index contributed by atoms with van der Waals surface area (Å²) in [4.78, 5) is 8.96. The number of thiazole rings is 1. The van der Waals surface area contributed by atoms with Crippen molar-refractivity contribution in [3.05, 3.63) is 35.5 Å². The number of hydrogen-bond donors (Lipinski definition) is 1. The molecule has 1 N–H and O–H groups in total. The lowest BCUT2D eigenvalue weighted by Gasteiger charge is -2.26. The lowest BCUT2D eigenvalue weighted by atomic mass is 10.2. The highest BCUT2D eigenvalue weighted by Gasteiger charge is 2.10. The molecule has 1 aliphatic heterocycles. The highest BCUT2D eigenvalue weighted by atomic mass is 32.1. The predicted molar refractivity (Wildman–Crippen MR) is 77.6 cm³/mol. The van der Waals surface area contributed by atoms with Crippen LogP contribution in [0.1, 0.15) is 25.0 Å². The number of rotatable bonds is 4. The first-order valence-corrected chi connectivity index (χ1v) is 7.64. The fraction of sp³-hybridized carbons (Fsp3) is 0.429. The number of aromatic nitrogens is 2. The summed E-state index contributed by atoms with van der Waals surface area (Å²) in [6.07, 6.45) is 5.76. The van der Waals surface area contributed by atoms with Crippen LogP contribution in [0.2, 0.25) is 0 Å². The quantitative estimate of drug-likeness (QED) is 0.930. The molecule has 0 radical (unpaired) electrons. The Kier molecular flexibility index (Phi) is 4.17. The van der Waals surface area contributed by atoms with Crippen molar-refractivity contribution >= 4 is 11.3 Å². The van der Waals surface area contributed by atoms with E-state index in [-0.39, 0.29) is 0 Å². The first-order chi connectivity index (χ1) is 9.42. The van der Waals surface area contributed by atoms with Crippen LogP contribution in [0.25, 0.3) is 10.7 Å². The number of piperidine rings is 1. The van der Waals surface area contributed by atoms with Crippen LogP contribution in [0.3, 0.4) is 0 Å². The van der Waals surface area contributed by atoms with Gasteiger partial charge in [0.15, 0.2) is 0 Å². The fourth-order valence-corrected chi connectivity index (χ4v) is 3.04. The molecule has 0 aliphatic carbocycles. The average molecular weight is 274 g/mol. The molecule has 3 rings (SSSR count). The van der Waals surface area contributed by atoms with Crippen molar-refractivity contribution in [2.24, 2.45) is 0 Å². The SMILES string of the molecule is c1ccc(-c2nc(CNN3CCCCC3)cs2)nc1. The molecule has 0 atom stereocenters. The molecular weight excluding hydrogens is 256 g/mol. The van der Waals surface area contributed by atoms with E-state index >= 15 is 0 Å². The molecule has 0 spiro atoms. The van der Waals surface area contributed by atoms with Gasteiger partial charge in [0.2, 0.25) is 0 Å². The Morgan fingerprint density at radius 3 is 2.89 bits per heavy atom. The minimum atomic E-state index is 0.809. The molecule has 1 fully saturated rings. The van der Waals surface area contributed by atoms with E-state index in [0.717, 1.165) is 36.0 Å². The summed E-state index contributed by atoms with van der Waals surface area (Å²) in [5, 5.41) is 5.42. The maximum absolute atomic E-state index is 4.63. The summed E-state index contributed by atoms with van der Waals surface area (Å²) in [6, 6.07) is 5.92. The topological polar surface area (TPSA) is 41.1 Å². The van der Waals surface area contributed by atoms with E-state index in [9.17, 15) is 0 Å². The van der Waals surface area contributed by atoms with Crippen LogP contribution in [0.15, 0.2) is 29.8 Å². The summed E-state index contributed by atoms with van der Waals surface area (Å²) >= 11 is 1.66. The van der Waals surface area contributed by atoms with Gasteiger partial charge >= 0.3 is 0 Å². The molecule has 0 amide bonds. The lowest BCUT2D eigenvalue weighted by molar-refractivity contribution is 0.150. The Hall–Kier alpha value is -1.30. The van der Waals surface area contributed by atoms with Gasteiger partial charge in [0.25, 0.3) is 0 Å². The summed E-state index contributed by atoms with van der Waals surface area (Å²) in [6.45, 7) is 3.11. The van der Waals surface area contributed by atoms with E-state index < -0.39 is 0 Å². The molecule has 0 bridgehead atoms. The number of pyridine rings is 1. The van der Waals surface area contributed by atoms with E-state index in [4.69, 9.17) is 0 Å². The zero-order chi connectivity index (χ0) is 12.9. The van der Waals surface area contributed by atoms with E-state index in [1.54, 1.807) is 11.3 Å². The summed E-state index contributed by atoms with van der Waals surface area (Å²) in [5.41, 5.74) is 5.51. The first-order valence-electron chi connectivity index (χ1n) is 6.76. The van der Waals surface area contributed by atoms with E-state index in [2.05, 4.69) is 25.8 Å². The Morgan fingerprint density at radius 2 is 2.11 bits per heavy atom. The Bertz CT molecular complexity index is 505. The second kappa shape index (κ2) is 6.23. The minimum absolute atomic E-state index is 0.809. The highest BCUT2D eigenvalue weighted by molar-refractivity contribution is 7.13. The zero-order valence-electron chi connectivity index (χ0n) is 10.9. The second-order valence-electron chi connectivity index (χ2n) is 4.74. The van der Waals surface area contributed by atoms with Crippen molar-refractivity contribution in [2.75, 3.05) is 13.1 Å². The number of nitrogens with one attached hydrogen (secondary N) is 1. The van der Waals surface area contributed by atoms with Gasteiger partial charge in [0.1, 0.15) is 5.01 Å².